The first-order valence-corrected chi connectivity index (χ1v) is 7.18. The summed E-state index contributed by atoms with van der Waals surface area (Å²) in [5.74, 6) is 0.372. The van der Waals surface area contributed by atoms with Gasteiger partial charge in [-0.25, -0.2) is 0 Å². The Hall–Kier alpha value is -2.30. The van der Waals surface area contributed by atoms with E-state index in [4.69, 9.17) is 0 Å². The molecule has 1 atom stereocenters. The highest BCUT2D eigenvalue weighted by molar-refractivity contribution is 5.94. The van der Waals surface area contributed by atoms with Gasteiger partial charge < -0.3 is 5.32 Å². The third-order valence-electron chi connectivity index (χ3n) is 3.95. The van der Waals surface area contributed by atoms with Crippen molar-refractivity contribution in [3.05, 3.63) is 51.3 Å². The number of nitrogens with zero attached hydrogens (tertiary/aromatic N) is 1. The molecule has 5 heteroatoms. The maximum atomic E-state index is 12.3. The van der Waals surface area contributed by atoms with E-state index in [1.165, 1.54) is 0 Å². The van der Waals surface area contributed by atoms with Crippen LogP contribution in [0.15, 0.2) is 29.1 Å². The molecule has 1 aromatic heterocycles. The number of aromatic nitrogens is 2. The minimum atomic E-state index is -0.182. The second-order valence-corrected chi connectivity index (χ2v) is 5.88. The van der Waals surface area contributed by atoms with Gasteiger partial charge in [-0.3, -0.25) is 19.4 Å². The van der Waals surface area contributed by atoms with E-state index in [9.17, 15) is 9.59 Å². The zero-order valence-electron chi connectivity index (χ0n) is 12.4. The summed E-state index contributed by atoms with van der Waals surface area (Å²) in [6.07, 6.45) is 0.307. The molecular weight excluding hydrogens is 266 g/mol. The van der Waals surface area contributed by atoms with Gasteiger partial charge in [-0.2, -0.15) is 0 Å². The molecule has 0 saturated heterocycles. The Bertz CT molecular complexity index is 738. The van der Waals surface area contributed by atoms with Crippen LogP contribution in [-0.2, 0) is 4.79 Å². The molecule has 1 aliphatic rings. The predicted octanol–water partition coefficient (Wildman–Crippen LogP) is 2.54. The van der Waals surface area contributed by atoms with Crippen LogP contribution in [-0.4, -0.2) is 15.7 Å². The van der Waals surface area contributed by atoms with Crippen LogP contribution < -0.4 is 10.9 Å². The summed E-state index contributed by atoms with van der Waals surface area (Å²) in [5.41, 5.74) is 2.70. The van der Waals surface area contributed by atoms with Gasteiger partial charge in [0.05, 0.1) is 5.56 Å². The highest BCUT2D eigenvalue weighted by Gasteiger charge is 2.32. The highest BCUT2D eigenvalue weighted by atomic mass is 16.2. The molecule has 1 aliphatic heterocycles. The zero-order chi connectivity index (χ0) is 15.1. The molecule has 0 bridgehead atoms. The monoisotopic (exact) mass is 285 g/mol. The van der Waals surface area contributed by atoms with Crippen LogP contribution in [0.2, 0.25) is 0 Å². The Morgan fingerprint density at radius 3 is 2.48 bits per heavy atom. The molecule has 0 saturated carbocycles. The Morgan fingerprint density at radius 2 is 1.86 bits per heavy atom. The number of benzene rings is 1. The number of carbonyl (C=O) groups excluding carboxylic acids is 1. The second-order valence-electron chi connectivity index (χ2n) is 5.88. The molecule has 0 aliphatic carbocycles. The maximum Gasteiger partial charge on any atom is 0.270 e. The van der Waals surface area contributed by atoms with Crippen molar-refractivity contribution in [2.24, 2.45) is 0 Å². The van der Waals surface area contributed by atoms with Gasteiger partial charge in [-0.05, 0) is 26.3 Å². The summed E-state index contributed by atoms with van der Waals surface area (Å²) >= 11 is 0. The van der Waals surface area contributed by atoms with Crippen molar-refractivity contribution in [1.82, 2.24) is 9.78 Å². The fraction of sp³-hybridized carbons (Fsp3) is 0.375. The lowest BCUT2D eigenvalue weighted by Crippen LogP contribution is -2.27. The van der Waals surface area contributed by atoms with Gasteiger partial charge >= 0.3 is 0 Å². The summed E-state index contributed by atoms with van der Waals surface area (Å²) in [6, 6.07) is 8.09. The molecule has 110 valence electrons. The minimum Gasteiger partial charge on any atom is -0.311 e. The normalized spacial score (nSPS) is 17.7. The molecule has 2 N–H and O–H groups in total. The van der Waals surface area contributed by atoms with E-state index < -0.39 is 0 Å². The largest absolute Gasteiger partial charge is 0.311 e. The Labute approximate surface area is 123 Å². The molecule has 3 rings (SSSR count). The van der Waals surface area contributed by atoms with E-state index in [2.05, 4.69) is 10.4 Å². The number of aromatic amines is 1. The van der Waals surface area contributed by atoms with Crippen LogP contribution in [0.25, 0.3) is 0 Å². The van der Waals surface area contributed by atoms with Gasteiger partial charge in [-0.15, -0.1) is 0 Å². The molecule has 5 nitrogen and oxygen atoms in total. The SMILES string of the molecule is Cc1ccc([C@@H]2CC(=O)Nc3c2c(=O)[nH]n3C(C)C)cc1. The maximum absolute atomic E-state index is 12.3. The first kappa shape index (κ1) is 13.7. The number of carbonyl (C=O) groups is 1. The van der Waals surface area contributed by atoms with Crippen molar-refractivity contribution in [1.29, 1.82) is 0 Å². The number of fused-ring (bicyclic) bond motifs is 1. The first-order chi connectivity index (χ1) is 9.97. The van der Waals surface area contributed by atoms with E-state index in [-0.39, 0.29) is 23.4 Å². The minimum absolute atomic E-state index is 0.0542. The zero-order valence-corrected chi connectivity index (χ0v) is 12.4. The number of anilines is 1. The number of amides is 1. The van der Waals surface area contributed by atoms with E-state index in [0.717, 1.165) is 11.1 Å². The topological polar surface area (TPSA) is 66.9 Å². The Morgan fingerprint density at radius 1 is 1.19 bits per heavy atom. The van der Waals surface area contributed by atoms with Crippen LogP contribution in [0.4, 0.5) is 5.82 Å². The summed E-state index contributed by atoms with van der Waals surface area (Å²) in [4.78, 5) is 24.3. The molecule has 1 amide bonds. The van der Waals surface area contributed by atoms with Crippen LogP contribution in [0.5, 0.6) is 0 Å². The van der Waals surface area contributed by atoms with Crippen molar-refractivity contribution >= 4 is 11.7 Å². The van der Waals surface area contributed by atoms with Gasteiger partial charge in [0, 0.05) is 18.4 Å². The first-order valence-electron chi connectivity index (χ1n) is 7.18. The van der Waals surface area contributed by atoms with E-state index >= 15 is 0 Å². The van der Waals surface area contributed by atoms with Crippen LogP contribution in [0.1, 0.15) is 48.9 Å². The molecule has 2 aromatic rings. The molecule has 0 radical (unpaired) electrons. The highest BCUT2D eigenvalue weighted by Crippen LogP contribution is 2.35. The third kappa shape index (κ3) is 2.28. The van der Waals surface area contributed by atoms with E-state index in [1.807, 2.05) is 45.0 Å². The average Bonchev–Trinajstić information content (AvgIpc) is 2.76. The summed E-state index contributed by atoms with van der Waals surface area (Å²) < 4.78 is 1.73. The van der Waals surface area contributed by atoms with E-state index in [0.29, 0.717) is 17.8 Å². The number of nitrogens with one attached hydrogen (secondary N) is 2. The lowest BCUT2D eigenvalue weighted by molar-refractivity contribution is -0.116. The summed E-state index contributed by atoms with van der Waals surface area (Å²) in [6.45, 7) is 5.96. The van der Waals surface area contributed by atoms with Gasteiger partial charge in [0.15, 0.2) is 0 Å². The van der Waals surface area contributed by atoms with Gasteiger partial charge in [0.25, 0.3) is 5.56 Å². The fourth-order valence-electron chi connectivity index (χ4n) is 2.85. The number of hydrogen-bond donors (Lipinski definition) is 2. The van der Waals surface area contributed by atoms with Gasteiger partial charge in [-0.1, -0.05) is 29.8 Å². The van der Waals surface area contributed by atoms with Gasteiger partial charge in [0.1, 0.15) is 5.82 Å². The summed E-state index contributed by atoms with van der Waals surface area (Å²) in [7, 11) is 0. The third-order valence-corrected chi connectivity index (χ3v) is 3.95. The number of H-pyrrole nitrogens is 1. The number of rotatable bonds is 2. The van der Waals surface area contributed by atoms with E-state index in [1.54, 1.807) is 4.68 Å². The summed E-state index contributed by atoms with van der Waals surface area (Å²) in [5, 5.41) is 5.67. The molecule has 2 heterocycles. The van der Waals surface area contributed by atoms with Crippen molar-refractivity contribution in [2.45, 2.75) is 39.2 Å². The van der Waals surface area contributed by atoms with Crippen molar-refractivity contribution < 1.29 is 4.79 Å². The molecule has 0 spiro atoms. The lowest BCUT2D eigenvalue weighted by atomic mass is 9.87. The predicted molar refractivity (Wildman–Crippen MR) is 81.7 cm³/mol. The average molecular weight is 285 g/mol. The molecular formula is C16H19N3O2. The smallest absolute Gasteiger partial charge is 0.270 e. The van der Waals surface area contributed by atoms with Crippen LogP contribution in [0, 0.1) is 6.92 Å². The Balaban J connectivity index is 2.16. The quantitative estimate of drug-likeness (QED) is 0.890. The molecule has 1 aromatic carbocycles. The van der Waals surface area contributed by atoms with Gasteiger partial charge in [0.2, 0.25) is 5.91 Å². The van der Waals surface area contributed by atoms with Crippen molar-refractivity contribution in [3.63, 3.8) is 0 Å². The van der Waals surface area contributed by atoms with Crippen molar-refractivity contribution in [3.8, 4) is 0 Å². The second kappa shape index (κ2) is 4.91. The Kier molecular flexibility index (Phi) is 3.20. The molecule has 21 heavy (non-hydrogen) atoms. The lowest BCUT2D eigenvalue weighted by Gasteiger charge is -2.24. The molecule has 0 unspecified atom stereocenters. The molecule has 0 fully saturated rings. The number of hydrogen-bond acceptors (Lipinski definition) is 2. The van der Waals surface area contributed by atoms with Crippen LogP contribution in [0.3, 0.4) is 0 Å². The van der Waals surface area contributed by atoms with Crippen LogP contribution >= 0.6 is 0 Å². The fourth-order valence-corrected chi connectivity index (χ4v) is 2.85. The standard InChI is InChI=1S/C16H19N3O2/c1-9(2)19-15-14(16(21)18-19)12(8-13(20)17-15)11-6-4-10(3)5-7-11/h4-7,9,12H,8H2,1-3H3,(H,17,20)(H,18,21)/t12-/m0/s1. The van der Waals surface area contributed by atoms with Crippen molar-refractivity contribution in [2.75, 3.05) is 5.32 Å². The number of aryl methyl sites for hydroxylation is 1.